The predicted octanol–water partition coefficient (Wildman–Crippen LogP) is 8.31. The third kappa shape index (κ3) is 7.85. The number of rotatable bonds is 12. The van der Waals surface area contributed by atoms with E-state index in [1.807, 2.05) is 90.4 Å². The quantitative estimate of drug-likeness (QED) is 0.107. The molecule has 0 aliphatic carbocycles. The van der Waals surface area contributed by atoms with Crippen LogP contribution in [0.25, 0.3) is 0 Å². The van der Waals surface area contributed by atoms with Crippen molar-refractivity contribution in [1.29, 1.82) is 0 Å². The maximum Gasteiger partial charge on any atom is 0.260 e. The molecule has 0 saturated carbocycles. The van der Waals surface area contributed by atoms with Crippen LogP contribution in [0.5, 0.6) is 23.0 Å². The van der Waals surface area contributed by atoms with E-state index in [2.05, 4.69) is 35.4 Å². The minimum atomic E-state index is -0.300. The van der Waals surface area contributed by atoms with Gasteiger partial charge < -0.3 is 44.3 Å². The molecule has 2 atom stereocenters. The number of hydrogen-bond donors (Lipinski definition) is 3. The van der Waals surface area contributed by atoms with Gasteiger partial charge in [-0.3, -0.25) is 14.4 Å². The van der Waals surface area contributed by atoms with Crippen LogP contribution >= 0.6 is 12.6 Å². The number of ether oxygens (including phenoxy) is 4. The lowest BCUT2D eigenvalue weighted by atomic mass is 10.1. The number of thiol groups is 1. The molecule has 5 aromatic carbocycles. The smallest absolute Gasteiger partial charge is 0.260 e. The lowest BCUT2D eigenvalue weighted by Crippen LogP contribution is -2.39. The van der Waals surface area contributed by atoms with E-state index in [0.29, 0.717) is 77.1 Å². The summed E-state index contributed by atoms with van der Waals surface area (Å²) in [7, 11) is 4.89. The first-order valence-corrected chi connectivity index (χ1v) is 21.5. The number of nitrogens with one attached hydrogen (secondary N) is 2. The van der Waals surface area contributed by atoms with Crippen molar-refractivity contribution < 1.29 is 33.3 Å². The Hall–Kier alpha value is -6.34. The molecule has 0 radical (unpaired) electrons. The van der Waals surface area contributed by atoms with Gasteiger partial charge in [0.05, 0.1) is 48.8 Å². The molecule has 4 aliphatic heterocycles. The second-order valence-electron chi connectivity index (χ2n) is 17.0. The summed E-state index contributed by atoms with van der Waals surface area (Å²) < 4.78 is 24.3. The Morgan fingerprint density at radius 2 is 1.18 bits per heavy atom. The molecule has 4 aliphatic rings. The first-order valence-electron chi connectivity index (χ1n) is 21.0. The average Bonchev–Trinajstić information content (AvgIpc) is 3.77. The van der Waals surface area contributed by atoms with Crippen LogP contribution in [0, 0.1) is 0 Å². The van der Waals surface area contributed by atoms with Gasteiger partial charge in [0.2, 0.25) is 5.91 Å². The van der Waals surface area contributed by atoms with Gasteiger partial charge >= 0.3 is 0 Å². The number of amides is 3. The van der Waals surface area contributed by atoms with Crippen molar-refractivity contribution in [3.05, 3.63) is 124 Å². The van der Waals surface area contributed by atoms with Gasteiger partial charge in [0.1, 0.15) is 13.2 Å². The molecule has 0 fully saturated rings. The van der Waals surface area contributed by atoms with Crippen molar-refractivity contribution in [3.8, 4) is 23.0 Å². The summed E-state index contributed by atoms with van der Waals surface area (Å²) in [5.74, 6) is 1.58. The van der Waals surface area contributed by atoms with Crippen LogP contribution in [-0.2, 0) is 30.8 Å². The van der Waals surface area contributed by atoms with Crippen molar-refractivity contribution in [2.45, 2.75) is 69.6 Å². The Balaban J connectivity index is 0.979. The largest absolute Gasteiger partial charge is 0.493 e. The maximum atomic E-state index is 14.0. The highest BCUT2D eigenvalue weighted by Gasteiger charge is 2.39. The number of carbonyl (C=O) groups is 3. The second kappa shape index (κ2) is 16.5. The van der Waals surface area contributed by atoms with Crippen LogP contribution in [0.4, 0.5) is 28.4 Å². The van der Waals surface area contributed by atoms with E-state index in [-0.39, 0.29) is 47.8 Å². The molecule has 62 heavy (non-hydrogen) atoms. The molecular formula is C49H51N5O7S. The summed E-state index contributed by atoms with van der Waals surface area (Å²) in [4.78, 5) is 47.0. The standard InChI is InChI=1S/C49H51N5O7S/c1-49(2,62)15-14-46(55)52(3)33-17-29(27-60-44-23-38-36(21-42(44)58-4)47(56)53-34(25-50-38)19-31-10-6-8-12-40(31)53)16-30(18-33)28-61-45-24-39-37(22-43(45)59-5)48(57)54-35(26-51-39)20-32-11-7-9-13-41(32)54/h6-13,16-18,21-24,34-35,50-51,62H,14-15,19-20,25-28H2,1-5H3/t34-,35-/m0/s1. The molecule has 13 heteroatoms. The summed E-state index contributed by atoms with van der Waals surface area (Å²) in [6.07, 6.45) is 2.49. The summed E-state index contributed by atoms with van der Waals surface area (Å²) in [6, 6.07) is 29.0. The van der Waals surface area contributed by atoms with Gasteiger partial charge in [-0.25, -0.2) is 0 Å². The van der Waals surface area contributed by atoms with Crippen molar-refractivity contribution in [2.24, 2.45) is 0 Å². The molecule has 0 saturated heterocycles. The Kier molecular flexibility index (Phi) is 10.9. The molecule has 0 spiro atoms. The Bertz CT molecular complexity index is 2440. The lowest BCUT2D eigenvalue weighted by Gasteiger charge is -2.23. The summed E-state index contributed by atoms with van der Waals surface area (Å²) in [5.41, 5.74) is 8.82. The van der Waals surface area contributed by atoms with Crippen LogP contribution in [0.1, 0.15) is 69.7 Å². The summed E-state index contributed by atoms with van der Waals surface area (Å²) >= 11 is 4.64. The van der Waals surface area contributed by atoms with Crippen molar-refractivity contribution in [1.82, 2.24) is 0 Å². The Labute approximate surface area is 367 Å². The zero-order valence-corrected chi connectivity index (χ0v) is 36.5. The number of nitrogens with zero attached hydrogens (tertiary/aromatic N) is 3. The molecule has 12 nitrogen and oxygen atoms in total. The van der Waals surface area contributed by atoms with E-state index >= 15 is 0 Å². The number of carbonyl (C=O) groups excluding carboxylic acids is 3. The van der Waals surface area contributed by atoms with Gasteiger partial charge in [-0.15, -0.1) is 0 Å². The molecule has 4 heterocycles. The molecule has 9 rings (SSSR count). The molecule has 0 unspecified atom stereocenters. The Morgan fingerprint density at radius 1 is 0.710 bits per heavy atom. The summed E-state index contributed by atoms with van der Waals surface area (Å²) in [5, 5.41) is 7.00. The van der Waals surface area contributed by atoms with Crippen molar-refractivity contribution in [2.75, 3.05) is 59.7 Å². The third-order valence-electron chi connectivity index (χ3n) is 12.2. The average molecular weight is 854 g/mol. The minimum Gasteiger partial charge on any atom is -0.493 e. The highest BCUT2D eigenvalue weighted by Crippen LogP contribution is 2.43. The van der Waals surface area contributed by atoms with Crippen LogP contribution in [-0.4, -0.2) is 68.9 Å². The molecule has 5 aromatic rings. The van der Waals surface area contributed by atoms with E-state index in [1.54, 1.807) is 38.3 Å². The van der Waals surface area contributed by atoms with Gasteiger partial charge in [0.25, 0.3) is 11.8 Å². The number of fused-ring (bicyclic) bond motifs is 8. The van der Waals surface area contributed by atoms with Gasteiger partial charge in [0.15, 0.2) is 23.0 Å². The highest BCUT2D eigenvalue weighted by atomic mass is 32.1. The SMILES string of the molecule is COc1cc2c(cc1OCc1cc(COc3cc4c(cc3OC)C(=O)N3c5ccccc5C[C@H]3CN4)cc(N(C)C(=O)CCC(C)(C)S)c1)NC[C@@H]1Cc3ccccc3N1C2=O. The monoisotopic (exact) mass is 853 g/mol. The van der Waals surface area contributed by atoms with Crippen molar-refractivity contribution in [3.63, 3.8) is 0 Å². The highest BCUT2D eigenvalue weighted by molar-refractivity contribution is 7.81. The fourth-order valence-corrected chi connectivity index (χ4v) is 9.09. The normalized spacial score (nSPS) is 17.2. The number of benzene rings is 5. The second-order valence-corrected chi connectivity index (χ2v) is 18.2. The van der Waals surface area contributed by atoms with Crippen LogP contribution < -0.4 is 44.3 Å². The molecular weight excluding hydrogens is 803 g/mol. The van der Waals surface area contributed by atoms with E-state index < -0.39 is 0 Å². The first kappa shape index (κ1) is 41.0. The maximum absolute atomic E-state index is 14.0. The fourth-order valence-electron chi connectivity index (χ4n) is 8.97. The molecule has 320 valence electrons. The minimum absolute atomic E-state index is 0.00929. The van der Waals surface area contributed by atoms with Crippen LogP contribution in [0.3, 0.4) is 0 Å². The van der Waals surface area contributed by atoms with Crippen LogP contribution in [0.2, 0.25) is 0 Å². The number of methoxy groups -OCH3 is 2. The predicted molar refractivity (Wildman–Crippen MR) is 245 cm³/mol. The van der Waals surface area contributed by atoms with Crippen molar-refractivity contribution >= 4 is 58.8 Å². The topological polar surface area (TPSA) is 122 Å². The fraction of sp³-hybridized carbons (Fsp3) is 0.327. The molecule has 0 aromatic heterocycles. The molecule has 0 bridgehead atoms. The van der Waals surface area contributed by atoms with Gasteiger partial charge in [0, 0.05) is 60.5 Å². The first-order chi connectivity index (χ1) is 29.9. The summed E-state index contributed by atoms with van der Waals surface area (Å²) in [6.45, 7) is 5.42. The number of para-hydroxylation sites is 2. The lowest BCUT2D eigenvalue weighted by molar-refractivity contribution is -0.118. The number of hydrogen-bond acceptors (Lipinski definition) is 10. The van der Waals surface area contributed by atoms with Gasteiger partial charge in [-0.2, -0.15) is 12.6 Å². The van der Waals surface area contributed by atoms with E-state index in [4.69, 9.17) is 18.9 Å². The van der Waals surface area contributed by atoms with E-state index in [0.717, 1.165) is 46.5 Å². The van der Waals surface area contributed by atoms with Crippen LogP contribution in [0.15, 0.2) is 91.0 Å². The van der Waals surface area contributed by atoms with E-state index in [9.17, 15) is 14.4 Å². The third-order valence-corrected chi connectivity index (χ3v) is 12.5. The van der Waals surface area contributed by atoms with Gasteiger partial charge in [-0.05, 0) is 84.0 Å². The zero-order chi connectivity index (χ0) is 43.3. The zero-order valence-electron chi connectivity index (χ0n) is 35.6. The number of anilines is 5. The van der Waals surface area contributed by atoms with E-state index in [1.165, 1.54) is 0 Å². The molecule has 2 N–H and O–H groups in total. The Morgan fingerprint density at radius 3 is 1.63 bits per heavy atom. The van der Waals surface area contributed by atoms with Gasteiger partial charge in [-0.1, -0.05) is 50.2 Å². The molecule has 3 amide bonds.